The van der Waals surface area contributed by atoms with Crippen molar-refractivity contribution in [3.8, 4) is 0 Å². The zero-order valence-electron chi connectivity index (χ0n) is 6.81. The van der Waals surface area contributed by atoms with E-state index < -0.39 is 11.6 Å². The number of halogens is 1. The second-order valence-corrected chi connectivity index (χ2v) is 3.17. The molecular weight excluding hydrogens is 212 g/mol. The molecule has 1 unspecified atom stereocenters. The van der Waals surface area contributed by atoms with Gasteiger partial charge in [-0.3, -0.25) is 9.59 Å². The molecule has 0 saturated carbocycles. The van der Waals surface area contributed by atoms with Crippen LogP contribution in [0.2, 0.25) is 0 Å². The Morgan fingerprint density at radius 1 is 1.55 bits per heavy atom. The van der Waals surface area contributed by atoms with Crippen LogP contribution in [0.25, 0.3) is 0 Å². The van der Waals surface area contributed by atoms with Gasteiger partial charge in [-0.05, 0) is 29.3 Å². The number of carbonyl (C=O) groups excluding carboxylic acids is 2. The molecule has 0 aliphatic heterocycles. The maximum absolute atomic E-state index is 10.9. The van der Waals surface area contributed by atoms with Crippen LogP contribution in [0.1, 0.15) is 27.2 Å². The van der Waals surface area contributed by atoms with Crippen molar-refractivity contribution in [2.24, 2.45) is 0 Å². The third-order valence-electron chi connectivity index (χ3n) is 1.46. The normalized spacial score (nSPS) is 15.3. The predicted octanol–water partition coefficient (Wildman–Crippen LogP) is 1.64. The zero-order chi connectivity index (χ0) is 9.07. The zero-order valence-corrected chi connectivity index (χ0v) is 8.40. The Morgan fingerprint density at radius 3 is 2.09 bits per heavy atom. The molecule has 0 fully saturated rings. The maximum atomic E-state index is 10.9. The highest BCUT2D eigenvalue weighted by Gasteiger charge is 2.32. The number of hydrogen-bond donors (Lipinski definition) is 0. The summed E-state index contributed by atoms with van der Waals surface area (Å²) in [7, 11) is 0. The molecule has 3 nitrogen and oxygen atoms in total. The first-order valence-electron chi connectivity index (χ1n) is 3.32. The lowest BCUT2D eigenvalue weighted by Crippen LogP contribution is -2.36. The first-order chi connectivity index (χ1) is 4.92. The van der Waals surface area contributed by atoms with Crippen molar-refractivity contribution in [3.63, 3.8) is 0 Å². The van der Waals surface area contributed by atoms with Gasteiger partial charge < -0.3 is 4.74 Å². The minimum absolute atomic E-state index is 0.303. The minimum Gasteiger partial charge on any atom is -0.451 e. The summed E-state index contributed by atoms with van der Waals surface area (Å²) < 4.78 is 4.51. The van der Waals surface area contributed by atoms with Crippen LogP contribution in [0.5, 0.6) is 0 Å². The molecular formula is C7H11BrO3. The summed E-state index contributed by atoms with van der Waals surface area (Å²) in [6, 6.07) is 0. The lowest BCUT2D eigenvalue weighted by Gasteiger charge is -2.22. The summed E-state index contributed by atoms with van der Waals surface area (Å²) in [6.45, 7) is 4.64. The Labute approximate surface area is 74.2 Å². The van der Waals surface area contributed by atoms with Gasteiger partial charge in [0.25, 0.3) is 0 Å². The van der Waals surface area contributed by atoms with Gasteiger partial charge >= 0.3 is 5.97 Å². The number of ether oxygens (including phenoxy) is 1. The molecule has 1 atom stereocenters. The summed E-state index contributed by atoms with van der Waals surface area (Å²) in [5.74, 6) is -0.442. The first-order valence-corrected chi connectivity index (χ1v) is 4.11. The van der Waals surface area contributed by atoms with Gasteiger partial charge in [0.1, 0.15) is 0 Å². The van der Waals surface area contributed by atoms with E-state index in [1.54, 1.807) is 13.8 Å². The van der Waals surface area contributed by atoms with Crippen LogP contribution in [0.15, 0.2) is 0 Å². The molecule has 11 heavy (non-hydrogen) atoms. The maximum Gasteiger partial charge on any atom is 0.303 e. The van der Waals surface area contributed by atoms with E-state index in [0.29, 0.717) is 6.42 Å². The smallest absolute Gasteiger partial charge is 0.303 e. The molecule has 0 rings (SSSR count). The van der Waals surface area contributed by atoms with Gasteiger partial charge in [-0.15, -0.1) is 0 Å². The first kappa shape index (κ1) is 10.6. The monoisotopic (exact) mass is 222 g/mol. The lowest BCUT2D eigenvalue weighted by atomic mass is 10.1. The Hall–Kier alpha value is -0.380. The summed E-state index contributed by atoms with van der Waals surface area (Å²) in [4.78, 5) is 21.4. The van der Waals surface area contributed by atoms with Crippen LogP contribution in [0.4, 0.5) is 0 Å². The Balaban J connectivity index is 4.34. The van der Waals surface area contributed by atoms with E-state index in [0.717, 1.165) is 0 Å². The van der Waals surface area contributed by atoms with Crippen LogP contribution in [0.3, 0.4) is 0 Å². The van der Waals surface area contributed by atoms with Crippen LogP contribution >= 0.6 is 15.9 Å². The second-order valence-electron chi connectivity index (χ2n) is 2.45. The van der Waals surface area contributed by atoms with E-state index in [1.807, 2.05) is 0 Å². The largest absolute Gasteiger partial charge is 0.451 e. The number of hydrogen-bond acceptors (Lipinski definition) is 3. The van der Waals surface area contributed by atoms with E-state index in [9.17, 15) is 9.59 Å². The topological polar surface area (TPSA) is 43.4 Å². The quantitative estimate of drug-likeness (QED) is 0.539. The summed E-state index contributed by atoms with van der Waals surface area (Å²) in [6.07, 6.45) is 0.469. The molecule has 4 heteroatoms. The molecule has 0 aromatic heterocycles. The molecule has 0 aliphatic carbocycles. The van der Waals surface area contributed by atoms with Crippen molar-refractivity contribution < 1.29 is 14.3 Å². The molecule has 0 aromatic rings. The van der Waals surface area contributed by atoms with Gasteiger partial charge in [0.15, 0.2) is 5.60 Å². The molecule has 0 aromatic carbocycles. The molecule has 0 amide bonds. The van der Waals surface area contributed by atoms with Gasteiger partial charge in [-0.1, -0.05) is 6.92 Å². The highest BCUT2D eigenvalue weighted by Crippen LogP contribution is 2.19. The van der Waals surface area contributed by atoms with Crippen LogP contribution in [-0.4, -0.2) is 16.3 Å². The lowest BCUT2D eigenvalue weighted by molar-refractivity contribution is -0.160. The minimum atomic E-state index is -1.01. The standard InChI is InChI=1S/C7H11BrO3/c1-4-7(3,6(8)10)11-5(2)9/h4H2,1-3H3. The van der Waals surface area contributed by atoms with Crippen LogP contribution in [0, 0.1) is 0 Å². The Morgan fingerprint density at radius 2 is 2.00 bits per heavy atom. The van der Waals surface area contributed by atoms with Crippen LogP contribution in [-0.2, 0) is 14.3 Å². The second kappa shape index (κ2) is 3.85. The summed E-state index contributed by atoms with van der Waals surface area (Å²) in [5.41, 5.74) is -1.01. The molecule has 64 valence electrons. The van der Waals surface area contributed by atoms with Crippen molar-refractivity contribution in [2.45, 2.75) is 32.8 Å². The van der Waals surface area contributed by atoms with E-state index >= 15 is 0 Å². The predicted molar refractivity (Wildman–Crippen MR) is 44.4 cm³/mol. The van der Waals surface area contributed by atoms with Gasteiger partial charge in [-0.2, -0.15) is 0 Å². The van der Waals surface area contributed by atoms with E-state index in [1.165, 1.54) is 6.92 Å². The van der Waals surface area contributed by atoms with Crippen molar-refractivity contribution in [3.05, 3.63) is 0 Å². The summed E-state index contributed by atoms with van der Waals surface area (Å²) >= 11 is 2.77. The van der Waals surface area contributed by atoms with E-state index in [-0.39, 0.29) is 4.69 Å². The molecule has 0 heterocycles. The average molecular weight is 223 g/mol. The van der Waals surface area contributed by atoms with Crippen LogP contribution < -0.4 is 0 Å². The highest BCUT2D eigenvalue weighted by molar-refractivity contribution is 9.18. The molecule has 0 spiro atoms. The van der Waals surface area contributed by atoms with Gasteiger partial charge in [0.2, 0.25) is 4.69 Å². The fourth-order valence-electron chi connectivity index (χ4n) is 0.568. The molecule has 0 aliphatic rings. The molecule has 0 radical (unpaired) electrons. The van der Waals surface area contributed by atoms with E-state index in [2.05, 4.69) is 15.9 Å². The van der Waals surface area contributed by atoms with Crippen molar-refractivity contribution in [2.75, 3.05) is 0 Å². The SMILES string of the molecule is CCC(C)(OC(C)=O)C(=O)Br. The van der Waals surface area contributed by atoms with Gasteiger partial charge in [0.05, 0.1) is 0 Å². The number of rotatable bonds is 3. The molecule has 0 saturated heterocycles. The fourth-order valence-corrected chi connectivity index (χ4v) is 0.930. The average Bonchev–Trinajstić information content (AvgIpc) is 1.86. The highest BCUT2D eigenvalue weighted by atomic mass is 79.9. The summed E-state index contributed by atoms with van der Waals surface area (Å²) in [5, 5.41) is 0. The number of carbonyl (C=O) groups is 2. The third-order valence-corrected chi connectivity index (χ3v) is 2.30. The fraction of sp³-hybridized carbons (Fsp3) is 0.714. The van der Waals surface area contributed by atoms with Crippen molar-refractivity contribution >= 4 is 26.6 Å². The number of esters is 1. The van der Waals surface area contributed by atoms with Crippen molar-refractivity contribution in [1.29, 1.82) is 0 Å². The van der Waals surface area contributed by atoms with Gasteiger partial charge in [-0.25, -0.2) is 0 Å². The molecule has 0 N–H and O–H groups in total. The Kier molecular flexibility index (Phi) is 3.72. The molecule has 0 bridgehead atoms. The third kappa shape index (κ3) is 3.01. The van der Waals surface area contributed by atoms with Gasteiger partial charge in [0, 0.05) is 6.92 Å². The van der Waals surface area contributed by atoms with E-state index in [4.69, 9.17) is 4.74 Å². The Bertz CT molecular complexity index is 179. The van der Waals surface area contributed by atoms with Crippen molar-refractivity contribution in [1.82, 2.24) is 0 Å².